The molecular weight excluding hydrogens is 432 g/mol. The van der Waals surface area contributed by atoms with Crippen LogP contribution in [0.4, 0.5) is 5.13 Å². The standard InChI is InChI=1S/C18H20N4O4S3/c1-25-14-6-5-13(12-15(14)26-2)29(23,24)22-9-7-21(8-10-22)18-20-19-17(28-18)16-4-3-11-27-16/h3-6,11-12H,7-10H2,1-2H3. The molecule has 8 nitrogen and oxygen atoms in total. The van der Waals surface area contributed by atoms with Crippen LogP contribution in [0.5, 0.6) is 11.5 Å². The molecule has 1 fully saturated rings. The van der Waals surface area contributed by atoms with Gasteiger partial charge in [-0.2, -0.15) is 4.31 Å². The Kier molecular flexibility index (Phi) is 5.72. The Labute approximate surface area is 177 Å². The van der Waals surface area contributed by atoms with Crippen LogP contribution in [0.15, 0.2) is 40.6 Å². The maximum Gasteiger partial charge on any atom is 0.243 e. The number of anilines is 1. The Bertz CT molecular complexity index is 1070. The molecule has 2 aromatic heterocycles. The summed E-state index contributed by atoms with van der Waals surface area (Å²) >= 11 is 3.15. The molecule has 1 aromatic carbocycles. The minimum absolute atomic E-state index is 0.194. The van der Waals surface area contributed by atoms with E-state index >= 15 is 0 Å². The van der Waals surface area contributed by atoms with E-state index in [4.69, 9.17) is 9.47 Å². The first-order valence-electron chi connectivity index (χ1n) is 8.87. The third-order valence-corrected chi connectivity index (χ3v) is 8.57. The van der Waals surface area contributed by atoms with Gasteiger partial charge in [0.1, 0.15) is 0 Å². The van der Waals surface area contributed by atoms with Crippen molar-refractivity contribution >= 4 is 37.8 Å². The number of ether oxygens (including phenoxy) is 2. The second-order valence-electron chi connectivity index (χ2n) is 6.28. The highest BCUT2D eigenvalue weighted by Gasteiger charge is 2.30. The van der Waals surface area contributed by atoms with E-state index in [0.29, 0.717) is 37.7 Å². The SMILES string of the molecule is COc1ccc(S(=O)(=O)N2CCN(c3nnc(-c4cccs4)s3)CC2)cc1OC. The molecule has 29 heavy (non-hydrogen) atoms. The van der Waals surface area contributed by atoms with Crippen molar-refractivity contribution in [2.24, 2.45) is 0 Å². The van der Waals surface area contributed by atoms with Crippen LogP contribution in [-0.4, -0.2) is 63.3 Å². The first-order valence-corrected chi connectivity index (χ1v) is 12.0. The lowest BCUT2D eigenvalue weighted by atomic mass is 10.3. The predicted octanol–water partition coefficient (Wildman–Crippen LogP) is 2.79. The Morgan fingerprint density at radius 3 is 2.41 bits per heavy atom. The topological polar surface area (TPSA) is 84.9 Å². The van der Waals surface area contributed by atoms with Crippen molar-refractivity contribution in [1.82, 2.24) is 14.5 Å². The number of sulfonamides is 1. The predicted molar refractivity (Wildman–Crippen MR) is 114 cm³/mol. The molecule has 154 valence electrons. The van der Waals surface area contributed by atoms with E-state index < -0.39 is 10.0 Å². The molecule has 3 heterocycles. The zero-order chi connectivity index (χ0) is 20.4. The molecule has 0 N–H and O–H groups in total. The van der Waals surface area contributed by atoms with Crippen LogP contribution in [0.25, 0.3) is 9.88 Å². The zero-order valence-electron chi connectivity index (χ0n) is 15.9. The molecule has 0 spiro atoms. The number of aromatic nitrogens is 2. The number of thiophene rings is 1. The normalized spacial score (nSPS) is 15.4. The van der Waals surface area contributed by atoms with Crippen LogP contribution in [0, 0.1) is 0 Å². The van der Waals surface area contributed by atoms with Crippen molar-refractivity contribution in [3.63, 3.8) is 0 Å². The summed E-state index contributed by atoms with van der Waals surface area (Å²) in [6.45, 7) is 1.88. The molecule has 0 atom stereocenters. The average molecular weight is 453 g/mol. The van der Waals surface area contributed by atoms with E-state index in [1.807, 2.05) is 17.5 Å². The van der Waals surface area contributed by atoms with E-state index in [1.54, 1.807) is 23.5 Å². The summed E-state index contributed by atoms with van der Waals surface area (Å²) in [5.74, 6) is 0.885. The molecule has 1 saturated heterocycles. The van der Waals surface area contributed by atoms with Crippen LogP contribution in [0.1, 0.15) is 0 Å². The van der Waals surface area contributed by atoms with Gasteiger partial charge in [0, 0.05) is 32.2 Å². The number of piperazine rings is 1. The lowest BCUT2D eigenvalue weighted by Crippen LogP contribution is -2.48. The van der Waals surface area contributed by atoms with Crippen molar-refractivity contribution in [2.75, 3.05) is 45.3 Å². The van der Waals surface area contributed by atoms with Gasteiger partial charge < -0.3 is 14.4 Å². The van der Waals surface area contributed by atoms with Gasteiger partial charge in [0.25, 0.3) is 0 Å². The van der Waals surface area contributed by atoms with E-state index in [1.165, 1.54) is 35.9 Å². The van der Waals surface area contributed by atoms with Gasteiger partial charge in [-0.05, 0) is 23.6 Å². The third kappa shape index (κ3) is 3.95. The average Bonchev–Trinajstić information content (AvgIpc) is 3.45. The summed E-state index contributed by atoms with van der Waals surface area (Å²) in [4.78, 5) is 3.36. The molecular formula is C18H20N4O4S3. The molecule has 0 radical (unpaired) electrons. The molecule has 11 heteroatoms. The van der Waals surface area contributed by atoms with Crippen LogP contribution < -0.4 is 14.4 Å². The summed E-state index contributed by atoms with van der Waals surface area (Å²) in [6.07, 6.45) is 0. The summed E-state index contributed by atoms with van der Waals surface area (Å²) in [5, 5.41) is 12.3. The number of nitrogens with zero attached hydrogens (tertiary/aromatic N) is 4. The highest BCUT2D eigenvalue weighted by molar-refractivity contribution is 7.89. The Balaban J connectivity index is 1.46. The molecule has 0 amide bonds. The highest BCUT2D eigenvalue weighted by atomic mass is 32.2. The van der Waals surface area contributed by atoms with Crippen molar-refractivity contribution in [1.29, 1.82) is 0 Å². The van der Waals surface area contributed by atoms with Gasteiger partial charge in [-0.1, -0.05) is 17.4 Å². The van der Waals surface area contributed by atoms with Gasteiger partial charge in [-0.25, -0.2) is 8.42 Å². The summed E-state index contributed by atoms with van der Waals surface area (Å²) < 4.78 is 38.0. The minimum atomic E-state index is -3.62. The fraction of sp³-hybridized carbons (Fsp3) is 0.333. The minimum Gasteiger partial charge on any atom is -0.493 e. The van der Waals surface area contributed by atoms with Crippen molar-refractivity contribution < 1.29 is 17.9 Å². The van der Waals surface area contributed by atoms with Gasteiger partial charge in [0.15, 0.2) is 16.5 Å². The summed E-state index contributed by atoms with van der Waals surface area (Å²) in [5.41, 5.74) is 0. The number of hydrogen-bond acceptors (Lipinski definition) is 9. The molecule has 0 aliphatic carbocycles. The second-order valence-corrected chi connectivity index (χ2v) is 10.1. The van der Waals surface area contributed by atoms with Gasteiger partial charge >= 0.3 is 0 Å². The number of benzene rings is 1. The van der Waals surface area contributed by atoms with Gasteiger partial charge in [0.2, 0.25) is 15.2 Å². The van der Waals surface area contributed by atoms with E-state index in [0.717, 1.165) is 15.0 Å². The van der Waals surface area contributed by atoms with E-state index in [9.17, 15) is 8.42 Å². The fourth-order valence-corrected chi connectivity index (χ4v) is 6.22. The van der Waals surface area contributed by atoms with E-state index in [-0.39, 0.29) is 4.90 Å². The zero-order valence-corrected chi connectivity index (χ0v) is 18.4. The molecule has 0 saturated carbocycles. The van der Waals surface area contributed by atoms with E-state index in [2.05, 4.69) is 15.1 Å². The number of rotatable bonds is 6. The fourth-order valence-electron chi connectivity index (χ4n) is 3.09. The smallest absolute Gasteiger partial charge is 0.243 e. The third-order valence-electron chi connectivity index (χ3n) is 4.65. The Morgan fingerprint density at radius 2 is 1.76 bits per heavy atom. The van der Waals surface area contributed by atoms with Gasteiger partial charge in [-0.15, -0.1) is 21.5 Å². The van der Waals surface area contributed by atoms with Crippen LogP contribution in [0.3, 0.4) is 0 Å². The van der Waals surface area contributed by atoms with Crippen LogP contribution in [-0.2, 0) is 10.0 Å². The van der Waals surface area contributed by atoms with Crippen molar-refractivity contribution in [3.05, 3.63) is 35.7 Å². The molecule has 4 rings (SSSR count). The maximum atomic E-state index is 13.0. The number of methoxy groups -OCH3 is 2. The molecule has 1 aliphatic rings. The van der Waals surface area contributed by atoms with Gasteiger partial charge in [0.05, 0.1) is 24.0 Å². The number of hydrogen-bond donors (Lipinski definition) is 0. The first kappa shape index (κ1) is 20.1. The van der Waals surface area contributed by atoms with Gasteiger partial charge in [-0.3, -0.25) is 0 Å². The summed E-state index contributed by atoms with van der Waals surface area (Å²) in [6, 6.07) is 8.65. The Hall–Kier alpha value is -2.21. The molecule has 1 aliphatic heterocycles. The lowest BCUT2D eigenvalue weighted by Gasteiger charge is -2.33. The first-order chi connectivity index (χ1) is 14.0. The van der Waals surface area contributed by atoms with Crippen LogP contribution in [0.2, 0.25) is 0 Å². The van der Waals surface area contributed by atoms with Crippen molar-refractivity contribution in [3.8, 4) is 21.4 Å². The van der Waals surface area contributed by atoms with Crippen molar-refractivity contribution in [2.45, 2.75) is 4.90 Å². The molecule has 0 unspecified atom stereocenters. The van der Waals surface area contributed by atoms with Crippen LogP contribution >= 0.6 is 22.7 Å². The second kappa shape index (κ2) is 8.27. The maximum absolute atomic E-state index is 13.0. The monoisotopic (exact) mass is 452 g/mol. The summed E-state index contributed by atoms with van der Waals surface area (Å²) in [7, 11) is -0.613. The Morgan fingerprint density at radius 1 is 1.00 bits per heavy atom. The highest BCUT2D eigenvalue weighted by Crippen LogP contribution is 2.33. The largest absolute Gasteiger partial charge is 0.493 e. The lowest BCUT2D eigenvalue weighted by molar-refractivity contribution is 0.353. The molecule has 3 aromatic rings. The molecule has 0 bridgehead atoms. The quantitative estimate of drug-likeness (QED) is 0.568.